The minimum Gasteiger partial charge on any atom is -0.484 e. The van der Waals surface area contributed by atoms with E-state index in [0.717, 1.165) is 12.8 Å². The standard InChI is InChI=1S/C20H20FN3O4S/c21-15-9-11-16(12-10-15)27-14-19-22-20(23-28-19)18-8-4-5-13-24(18)29(25,26)17-6-2-1-3-7-17/h1-3,6-7,9-12,18H,4-5,8,13-14H2. The summed E-state index contributed by atoms with van der Waals surface area (Å²) in [6.45, 7) is 0.411. The number of hydrogen-bond acceptors (Lipinski definition) is 6. The van der Waals surface area contributed by atoms with Crippen molar-refractivity contribution in [2.75, 3.05) is 6.54 Å². The predicted octanol–water partition coefficient (Wildman–Crippen LogP) is 3.70. The third-order valence-corrected chi connectivity index (χ3v) is 6.68. The Hall–Kier alpha value is -2.78. The Labute approximate surface area is 168 Å². The van der Waals surface area contributed by atoms with Crippen molar-refractivity contribution >= 4 is 10.0 Å². The number of sulfonamides is 1. The first kappa shape index (κ1) is 19.5. The molecular formula is C20H20FN3O4S. The highest BCUT2D eigenvalue weighted by molar-refractivity contribution is 7.89. The molecule has 1 unspecified atom stereocenters. The molecule has 2 aromatic carbocycles. The Kier molecular flexibility index (Phi) is 5.59. The molecule has 0 spiro atoms. The molecule has 1 aromatic heterocycles. The van der Waals surface area contributed by atoms with E-state index in [1.54, 1.807) is 30.3 Å². The second-order valence-corrected chi connectivity index (χ2v) is 8.62. The van der Waals surface area contributed by atoms with Crippen LogP contribution in [0.1, 0.15) is 37.0 Å². The van der Waals surface area contributed by atoms with E-state index < -0.39 is 16.1 Å². The lowest BCUT2D eigenvalue weighted by Gasteiger charge is -2.32. The molecule has 152 valence electrons. The van der Waals surface area contributed by atoms with Crippen LogP contribution >= 0.6 is 0 Å². The summed E-state index contributed by atoms with van der Waals surface area (Å²) in [6.07, 6.45) is 2.27. The Balaban J connectivity index is 1.51. The maximum atomic E-state index is 13.1. The van der Waals surface area contributed by atoms with Crippen LogP contribution in [0.15, 0.2) is 64.0 Å². The summed E-state index contributed by atoms with van der Waals surface area (Å²) < 4.78 is 51.4. The van der Waals surface area contributed by atoms with Crippen molar-refractivity contribution in [1.82, 2.24) is 14.4 Å². The number of nitrogens with zero attached hydrogens (tertiary/aromatic N) is 3. The molecule has 1 atom stereocenters. The lowest BCUT2D eigenvalue weighted by molar-refractivity contribution is 0.231. The summed E-state index contributed by atoms with van der Waals surface area (Å²) in [7, 11) is -3.66. The van der Waals surface area contributed by atoms with Gasteiger partial charge in [0.25, 0.3) is 5.89 Å². The highest BCUT2D eigenvalue weighted by atomic mass is 32.2. The number of hydrogen-bond donors (Lipinski definition) is 0. The molecule has 0 aliphatic carbocycles. The van der Waals surface area contributed by atoms with Gasteiger partial charge in [0.05, 0.1) is 10.9 Å². The first-order chi connectivity index (χ1) is 14.0. The van der Waals surface area contributed by atoms with Crippen LogP contribution in [0.4, 0.5) is 4.39 Å². The Morgan fingerprint density at radius 1 is 1.10 bits per heavy atom. The average Bonchev–Trinajstić information content (AvgIpc) is 3.23. The van der Waals surface area contributed by atoms with Crippen molar-refractivity contribution in [3.8, 4) is 5.75 Å². The van der Waals surface area contributed by atoms with Gasteiger partial charge in [-0.05, 0) is 49.2 Å². The van der Waals surface area contributed by atoms with E-state index in [9.17, 15) is 12.8 Å². The molecular weight excluding hydrogens is 397 g/mol. The number of halogens is 1. The summed E-state index contributed by atoms with van der Waals surface area (Å²) in [4.78, 5) is 4.59. The monoisotopic (exact) mass is 417 g/mol. The zero-order valence-electron chi connectivity index (χ0n) is 15.6. The summed E-state index contributed by atoms with van der Waals surface area (Å²) in [6, 6.07) is 13.4. The zero-order chi connectivity index (χ0) is 20.3. The third-order valence-electron chi connectivity index (χ3n) is 4.76. The summed E-state index contributed by atoms with van der Waals surface area (Å²) >= 11 is 0. The summed E-state index contributed by atoms with van der Waals surface area (Å²) in [5.74, 6) is 0.667. The van der Waals surface area contributed by atoms with Crippen molar-refractivity contribution in [2.45, 2.75) is 36.8 Å². The predicted molar refractivity (Wildman–Crippen MR) is 102 cm³/mol. The highest BCUT2D eigenvalue weighted by Gasteiger charge is 2.37. The maximum absolute atomic E-state index is 13.1. The van der Waals surface area contributed by atoms with Gasteiger partial charge in [-0.3, -0.25) is 0 Å². The van der Waals surface area contributed by atoms with Gasteiger partial charge < -0.3 is 9.26 Å². The van der Waals surface area contributed by atoms with Gasteiger partial charge in [-0.1, -0.05) is 29.8 Å². The molecule has 0 N–H and O–H groups in total. The molecule has 0 radical (unpaired) electrons. The second-order valence-electron chi connectivity index (χ2n) is 6.73. The molecule has 9 heteroatoms. The second kappa shape index (κ2) is 8.30. The van der Waals surface area contributed by atoms with Crippen molar-refractivity contribution in [1.29, 1.82) is 0 Å². The van der Waals surface area contributed by atoms with E-state index >= 15 is 0 Å². The van der Waals surface area contributed by atoms with Gasteiger partial charge in [0.2, 0.25) is 10.0 Å². The Bertz CT molecular complexity index is 1050. The number of aromatic nitrogens is 2. The van der Waals surface area contributed by atoms with Crippen LogP contribution in [0.3, 0.4) is 0 Å². The maximum Gasteiger partial charge on any atom is 0.264 e. The van der Waals surface area contributed by atoms with E-state index in [0.29, 0.717) is 24.5 Å². The van der Waals surface area contributed by atoms with Crippen LogP contribution in [-0.2, 0) is 16.6 Å². The number of ether oxygens (including phenoxy) is 1. The van der Waals surface area contributed by atoms with E-state index in [2.05, 4.69) is 10.1 Å². The summed E-state index contributed by atoms with van der Waals surface area (Å²) in [5, 5.41) is 3.99. The lowest BCUT2D eigenvalue weighted by Crippen LogP contribution is -2.39. The first-order valence-corrected chi connectivity index (χ1v) is 10.8. The van der Waals surface area contributed by atoms with Crippen molar-refractivity contribution in [2.24, 2.45) is 0 Å². The normalized spacial score (nSPS) is 17.9. The molecule has 1 saturated heterocycles. The average molecular weight is 417 g/mol. The van der Waals surface area contributed by atoms with Gasteiger partial charge in [0.15, 0.2) is 12.4 Å². The topological polar surface area (TPSA) is 85.5 Å². The number of rotatable bonds is 6. The van der Waals surface area contributed by atoms with Gasteiger partial charge in [0, 0.05) is 6.54 Å². The largest absolute Gasteiger partial charge is 0.484 e. The molecule has 1 aliphatic rings. The molecule has 7 nitrogen and oxygen atoms in total. The molecule has 4 rings (SSSR count). The lowest BCUT2D eigenvalue weighted by atomic mass is 10.0. The fourth-order valence-electron chi connectivity index (χ4n) is 3.32. The highest BCUT2D eigenvalue weighted by Crippen LogP contribution is 2.34. The van der Waals surface area contributed by atoms with Gasteiger partial charge >= 0.3 is 0 Å². The van der Waals surface area contributed by atoms with Crippen molar-refractivity contribution in [3.63, 3.8) is 0 Å². The molecule has 0 amide bonds. The van der Waals surface area contributed by atoms with Crippen LogP contribution < -0.4 is 4.74 Å². The van der Waals surface area contributed by atoms with E-state index in [4.69, 9.17) is 9.26 Å². The van der Waals surface area contributed by atoms with E-state index in [-0.39, 0.29) is 23.2 Å². The van der Waals surface area contributed by atoms with Crippen LogP contribution in [0.5, 0.6) is 5.75 Å². The Morgan fingerprint density at radius 3 is 2.62 bits per heavy atom. The van der Waals surface area contributed by atoms with Crippen LogP contribution in [0.2, 0.25) is 0 Å². The SMILES string of the molecule is O=S(=O)(c1ccccc1)N1CCCCC1c1noc(COc2ccc(F)cc2)n1. The van der Waals surface area contributed by atoms with Crippen molar-refractivity contribution in [3.05, 3.63) is 72.1 Å². The quantitative estimate of drug-likeness (QED) is 0.608. The van der Waals surface area contributed by atoms with Gasteiger partial charge in [-0.15, -0.1) is 0 Å². The summed E-state index contributed by atoms with van der Waals surface area (Å²) in [5.41, 5.74) is 0. The third kappa shape index (κ3) is 4.30. The number of benzene rings is 2. The van der Waals surface area contributed by atoms with Crippen LogP contribution in [0, 0.1) is 5.82 Å². The van der Waals surface area contributed by atoms with Crippen LogP contribution in [-0.4, -0.2) is 29.4 Å². The molecule has 3 aromatic rings. The molecule has 1 fully saturated rings. The molecule has 0 bridgehead atoms. The molecule has 0 saturated carbocycles. The van der Waals surface area contributed by atoms with E-state index in [1.807, 2.05) is 0 Å². The first-order valence-electron chi connectivity index (χ1n) is 9.32. The molecule has 2 heterocycles. The number of piperidine rings is 1. The zero-order valence-corrected chi connectivity index (χ0v) is 16.4. The van der Waals surface area contributed by atoms with Gasteiger partial charge in [0.1, 0.15) is 11.6 Å². The fourth-order valence-corrected chi connectivity index (χ4v) is 4.99. The molecule has 29 heavy (non-hydrogen) atoms. The Morgan fingerprint density at radius 2 is 1.86 bits per heavy atom. The van der Waals surface area contributed by atoms with Crippen molar-refractivity contribution < 1.29 is 22.1 Å². The molecule has 1 aliphatic heterocycles. The van der Waals surface area contributed by atoms with Gasteiger partial charge in [-0.25, -0.2) is 12.8 Å². The minimum atomic E-state index is -3.66. The minimum absolute atomic E-state index is 0.0107. The van der Waals surface area contributed by atoms with Gasteiger partial charge in [-0.2, -0.15) is 9.29 Å². The van der Waals surface area contributed by atoms with E-state index in [1.165, 1.54) is 28.6 Å². The smallest absolute Gasteiger partial charge is 0.264 e. The van der Waals surface area contributed by atoms with Crippen LogP contribution in [0.25, 0.3) is 0 Å². The fraction of sp³-hybridized carbons (Fsp3) is 0.300.